The zero-order valence-electron chi connectivity index (χ0n) is 8.11. The molecule has 4 nitrogen and oxygen atoms in total. The highest BCUT2D eigenvalue weighted by molar-refractivity contribution is 5.89. The Morgan fingerprint density at radius 3 is 2.44 bits per heavy atom. The summed E-state index contributed by atoms with van der Waals surface area (Å²) in [5, 5.41) is 0. The molecule has 1 rings (SSSR count). The maximum atomic E-state index is 13.0. The van der Waals surface area contributed by atoms with E-state index in [0.717, 1.165) is 18.2 Å². The largest absolute Gasteiger partial charge is 0.464 e. The van der Waals surface area contributed by atoms with E-state index >= 15 is 0 Å². The number of ether oxygens (including phenoxy) is 2. The Morgan fingerprint density at radius 2 is 1.88 bits per heavy atom. The molecule has 0 unspecified atom stereocenters. The van der Waals surface area contributed by atoms with Crippen molar-refractivity contribution in [1.82, 2.24) is 0 Å². The standard InChI is InChI=1S/C10H8F2O4/c11-7-2-1-3-8(12)9(7)10(14)16-5-4-15-6-13/h1-3,6H,4-5H2. The van der Waals surface area contributed by atoms with E-state index in [1.165, 1.54) is 0 Å². The van der Waals surface area contributed by atoms with Crippen molar-refractivity contribution in [2.45, 2.75) is 0 Å². The number of hydrogen-bond donors (Lipinski definition) is 0. The molecule has 0 radical (unpaired) electrons. The van der Waals surface area contributed by atoms with Crippen molar-refractivity contribution in [2.75, 3.05) is 13.2 Å². The maximum absolute atomic E-state index is 13.0. The Hall–Kier alpha value is -1.98. The lowest BCUT2D eigenvalue weighted by Gasteiger charge is -2.05. The molecule has 0 aliphatic rings. The van der Waals surface area contributed by atoms with Gasteiger partial charge in [0, 0.05) is 0 Å². The van der Waals surface area contributed by atoms with Gasteiger partial charge in [0.15, 0.2) is 0 Å². The molecule has 0 N–H and O–H groups in total. The first kappa shape index (κ1) is 12.1. The van der Waals surface area contributed by atoms with Gasteiger partial charge in [-0.15, -0.1) is 0 Å². The maximum Gasteiger partial charge on any atom is 0.344 e. The van der Waals surface area contributed by atoms with Gasteiger partial charge in [-0.25, -0.2) is 13.6 Å². The third kappa shape index (κ3) is 3.01. The minimum Gasteiger partial charge on any atom is -0.464 e. The van der Waals surface area contributed by atoms with Gasteiger partial charge < -0.3 is 9.47 Å². The van der Waals surface area contributed by atoms with Gasteiger partial charge in [0.1, 0.15) is 30.4 Å². The lowest BCUT2D eigenvalue weighted by molar-refractivity contribution is -0.129. The van der Waals surface area contributed by atoms with Crippen LogP contribution in [0.3, 0.4) is 0 Å². The topological polar surface area (TPSA) is 52.6 Å². The molecule has 1 aromatic carbocycles. The van der Waals surface area contributed by atoms with Crippen LogP contribution in [0.4, 0.5) is 8.78 Å². The van der Waals surface area contributed by atoms with Gasteiger partial charge in [-0.2, -0.15) is 0 Å². The molecule has 0 fully saturated rings. The second kappa shape index (κ2) is 5.79. The molecule has 0 atom stereocenters. The van der Waals surface area contributed by atoms with Crippen molar-refractivity contribution in [2.24, 2.45) is 0 Å². The zero-order chi connectivity index (χ0) is 12.0. The van der Waals surface area contributed by atoms with Crippen LogP contribution in [0.15, 0.2) is 18.2 Å². The van der Waals surface area contributed by atoms with E-state index in [4.69, 9.17) is 0 Å². The Bertz CT molecular complexity index is 372. The van der Waals surface area contributed by atoms with Crippen LogP contribution in [0.25, 0.3) is 0 Å². The summed E-state index contributed by atoms with van der Waals surface area (Å²) in [6.45, 7) is -0.242. The first-order valence-corrected chi connectivity index (χ1v) is 4.33. The van der Waals surface area contributed by atoms with Gasteiger partial charge in [-0.05, 0) is 12.1 Å². The summed E-state index contributed by atoms with van der Waals surface area (Å²) >= 11 is 0. The zero-order valence-corrected chi connectivity index (χ0v) is 8.11. The summed E-state index contributed by atoms with van der Waals surface area (Å²) in [6, 6.07) is 3.03. The number of hydrogen-bond acceptors (Lipinski definition) is 4. The van der Waals surface area contributed by atoms with Crippen LogP contribution in [0, 0.1) is 11.6 Å². The monoisotopic (exact) mass is 230 g/mol. The third-order valence-corrected chi connectivity index (χ3v) is 1.67. The minimum absolute atomic E-state index is 0.161. The Labute approximate surface area is 89.8 Å². The highest BCUT2D eigenvalue weighted by atomic mass is 19.1. The number of halogens is 2. The number of carbonyl (C=O) groups is 2. The van der Waals surface area contributed by atoms with Crippen LogP contribution in [0.2, 0.25) is 0 Å². The Kier molecular flexibility index (Phi) is 4.38. The molecular weight excluding hydrogens is 222 g/mol. The molecule has 0 bridgehead atoms. The molecule has 0 aromatic heterocycles. The molecule has 0 amide bonds. The molecule has 0 aliphatic heterocycles. The van der Waals surface area contributed by atoms with Crippen LogP contribution < -0.4 is 0 Å². The van der Waals surface area contributed by atoms with Crippen molar-refractivity contribution in [3.8, 4) is 0 Å². The van der Waals surface area contributed by atoms with Crippen LogP contribution in [-0.4, -0.2) is 25.7 Å². The first-order valence-electron chi connectivity index (χ1n) is 4.33. The predicted molar refractivity (Wildman–Crippen MR) is 48.7 cm³/mol. The van der Waals surface area contributed by atoms with E-state index in [1.54, 1.807) is 0 Å². The number of rotatable bonds is 5. The molecule has 16 heavy (non-hydrogen) atoms. The van der Waals surface area contributed by atoms with Gasteiger partial charge in [0.05, 0.1) is 0 Å². The predicted octanol–water partition coefficient (Wildman–Crippen LogP) is 1.29. The van der Waals surface area contributed by atoms with E-state index in [0.29, 0.717) is 0 Å². The molecule has 1 aromatic rings. The van der Waals surface area contributed by atoms with Crippen LogP contribution >= 0.6 is 0 Å². The lowest BCUT2D eigenvalue weighted by Crippen LogP contribution is -2.13. The van der Waals surface area contributed by atoms with E-state index in [9.17, 15) is 18.4 Å². The summed E-state index contributed by atoms with van der Waals surface area (Å²) in [5.41, 5.74) is -0.756. The molecular formula is C10H8F2O4. The minimum atomic E-state index is -1.13. The van der Waals surface area contributed by atoms with Crippen molar-refractivity contribution >= 4 is 12.4 Å². The van der Waals surface area contributed by atoms with Gasteiger partial charge in [-0.1, -0.05) is 6.07 Å². The lowest BCUT2D eigenvalue weighted by atomic mass is 10.2. The van der Waals surface area contributed by atoms with E-state index in [2.05, 4.69) is 9.47 Å². The Morgan fingerprint density at radius 1 is 1.25 bits per heavy atom. The summed E-state index contributed by atoms with van der Waals surface area (Å²) < 4.78 is 34.8. The van der Waals surface area contributed by atoms with Gasteiger partial charge in [0.25, 0.3) is 6.47 Å². The first-order chi connectivity index (χ1) is 7.66. The van der Waals surface area contributed by atoms with Gasteiger partial charge in [0.2, 0.25) is 0 Å². The second-order valence-corrected chi connectivity index (χ2v) is 2.70. The van der Waals surface area contributed by atoms with Crippen molar-refractivity contribution in [3.05, 3.63) is 35.4 Å². The fraction of sp³-hybridized carbons (Fsp3) is 0.200. The van der Waals surface area contributed by atoms with Gasteiger partial charge >= 0.3 is 5.97 Å². The molecule has 6 heteroatoms. The fourth-order valence-electron chi connectivity index (χ4n) is 0.996. The quantitative estimate of drug-likeness (QED) is 0.434. The summed E-state index contributed by atoms with van der Waals surface area (Å²) in [5.74, 6) is -3.13. The highest BCUT2D eigenvalue weighted by Gasteiger charge is 2.18. The van der Waals surface area contributed by atoms with Crippen molar-refractivity contribution in [3.63, 3.8) is 0 Å². The summed E-state index contributed by atoms with van der Waals surface area (Å²) in [4.78, 5) is 20.9. The normalized spacial score (nSPS) is 9.62. The number of esters is 1. The van der Waals surface area contributed by atoms with E-state index in [1.807, 2.05) is 0 Å². The average molecular weight is 230 g/mol. The fourth-order valence-corrected chi connectivity index (χ4v) is 0.996. The molecule has 0 spiro atoms. The summed E-state index contributed by atoms with van der Waals surface area (Å²) in [7, 11) is 0. The van der Waals surface area contributed by atoms with Crippen LogP contribution in [0.5, 0.6) is 0 Å². The SMILES string of the molecule is O=COCCOC(=O)c1c(F)cccc1F. The molecule has 0 saturated heterocycles. The van der Waals surface area contributed by atoms with E-state index < -0.39 is 23.2 Å². The highest BCUT2D eigenvalue weighted by Crippen LogP contribution is 2.12. The molecule has 0 aliphatic carbocycles. The van der Waals surface area contributed by atoms with Gasteiger partial charge in [-0.3, -0.25) is 4.79 Å². The van der Waals surface area contributed by atoms with Crippen LogP contribution in [-0.2, 0) is 14.3 Å². The summed E-state index contributed by atoms with van der Waals surface area (Å²) in [6.07, 6.45) is 0. The molecule has 0 saturated carbocycles. The third-order valence-electron chi connectivity index (χ3n) is 1.67. The van der Waals surface area contributed by atoms with Crippen molar-refractivity contribution < 1.29 is 27.8 Å². The van der Waals surface area contributed by atoms with E-state index in [-0.39, 0.29) is 19.7 Å². The Balaban J connectivity index is 2.62. The number of benzene rings is 1. The van der Waals surface area contributed by atoms with Crippen molar-refractivity contribution in [1.29, 1.82) is 0 Å². The second-order valence-electron chi connectivity index (χ2n) is 2.70. The average Bonchev–Trinajstić information content (AvgIpc) is 2.24. The molecule has 0 heterocycles. The van der Waals surface area contributed by atoms with Crippen LogP contribution in [0.1, 0.15) is 10.4 Å². The smallest absolute Gasteiger partial charge is 0.344 e. The number of carbonyl (C=O) groups excluding carboxylic acids is 2. The molecule has 86 valence electrons.